The maximum atomic E-state index is 10.8. The minimum atomic E-state index is -1.00. The molecule has 3 nitrogen and oxygen atoms in total. The molecule has 0 fully saturated rings. The Morgan fingerprint density at radius 3 is 2.58 bits per heavy atom. The first-order valence-corrected chi connectivity index (χ1v) is 7.20. The highest BCUT2D eigenvalue weighted by atomic mass is 35.5. The average Bonchev–Trinajstić information content (AvgIpc) is 2.31. The highest BCUT2D eigenvalue weighted by Crippen LogP contribution is 2.30. The molecule has 7 heteroatoms. The van der Waals surface area contributed by atoms with Gasteiger partial charge in [0.2, 0.25) is 0 Å². The molecule has 0 spiro atoms. The summed E-state index contributed by atoms with van der Waals surface area (Å²) in [6.07, 6.45) is -0.507. The number of ether oxygens (including phenoxy) is 1. The molecule has 0 aliphatic heterocycles. The molecule has 0 bridgehead atoms. The Bertz CT molecular complexity index is 439. The van der Waals surface area contributed by atoms with E-state index in [2.05, 4.69) is 0 Å². The van der Waals surface area contributed by atoms with Crippen LogP contribution >= 0.6 is 46.4 Å². The van der Waals surface area contributed by atoms with Crippen LogP contribution in [0.4, 0.5) is 0 Å². The Balaban J connectivity index is 2.83. The van der Waals surface area contributed by atoms with E-state index >= 15 is 0 Å². The quantitative estimate of drug-likeness (QED) is 0.742. The molecule has 106 valence electrons. The highest BCUT2D eigenvalue weighted by molar-refractivity contribution is 6.35. The lowest BCUT2D eigenvalue weighted by atomic mass is 10.1. The Hall–Kier alpha value is -0.350. The molecule has 0 aromatic heterocycles. The van der Waals surface area contributed by atoms with E-state index in [9.17, 15) is 4.79 Å². The molecule has 2 unspecified atom stereocenters. The molecule has 1 N–H and O–H groups in total. The zero-order valence-corrected chi connectivity index (χ0v) is 12.8. The lowest BCUT2D eigenvalue weighted by Gasteiger charge is -2.22. The second-order valence-electron chi connectivity index (χ2n) is 3.82. The highest BCUT2D eigenvalue weighted by Gasteiger charge is 2.24. The molecule has 1 aromatic rings. The Morgan fingerprint density at radius 2 is 2.05 bits per heavy atom. The van der Waals surface area contributed by atoms with E-state index in [4.69, 9.17) is 56.2 Å². The zero-order chi connectivity index (χ0) is 14.4. The van der Waals surface area contributed by atoms with Crippen LogP contribution in [-0.4, -0.2) is 28.4 Å². The van der Waals surface area contributed by atoms with E-state index in [-0.39, 0.29) is 6.42 Å². The van der Waals surface area contributed by atoms with Crippen molar-refractivity contribution in [1.82, 2.24) is 0 Å². The predicted octanol–water partition coefficient (Wildman–Crippen LogP) is 4.45. The van der Waals surface area contributed by atoms with Crippen LogP contribution in [0, 0.1) is 0 Å². The summed E-state index contributed by atoms with van der Waals surface area (Å²) in [5, 5.41) is 9.12. The zero-order valence-electron chi connectivity index (χ0n) is 9.78. The van der Waals surface area contributed by atoms with E-state index in [1.54, 1.807) is 12.1 Å². The van der Waals surface area contributed by atoms with Gasteiger partial charge in [-0.1, -0.05) is 23.2 Å². The predicted molar refractivity (Wildman–Crippen MR) is 78.1 cm³/mol. The molecule has 0 aliphatic carbocycles. The molecule has 0 heterocycles. The normalized spacial score (nSPS) is 13.9. The van der Waals surface area contributed by atoms with Gasteiger partial charge in [-0.05, 0) is 24.6 Å². The second kappa shape index (κ2) is 8.05. The summed E-state index contributed by atoms with van der Waals surface area (Å²) in [5.74, 6) is -0.338. The van der Waals surface area contributed by atoms with Crippen LogP contribution in [0.1, 0.15) is 12.8 Å². The van der Waals surface area contributed by atoms with Crippen molar-refractivity contribution in [3.8, 4) is 5.75 Å². The van der Waals surface area contributed by atoms with Gasteiger partial charge in [-0.25, -0.2) is 0 Å². The van der Waals surface area contributed by atoms with Crippen LogP contribution in [-0.2, 0) is 4.79 Å². The summed E-state index contributed by atoms with van der Waals surface area (Å²) in [6.45, 7) is 0. The smallest absolute Gasteiger partial charge is 0.307 e. The molecular formula is C12H12Cl4O3. The first-order chi connectivity index (χ1) is 8.93. The lowest BCUT2D eigenvalue weighted by molar-refractivity contribution is -0.138. The fraction of sp³-hybridized carbons (Fsp3) is 0.417. The molecule has 1 rings (SSSR count). The molecule has 0 aliphatic rings. The molecular weight excluding hydrogens is 334 g/mol. The third kappa shape index (κ3) is 5.65. The fourth-order valence-electron chi connectivity index (χ4n) is 1.44. The number of hydrogen-bond donors (Lipinski definition) is 1. The number of alkyl halides is 2. The van der Waals surface area contributed by atoms with Crippen molar-refractivity contribution < 1.29 is 14.6 Å². The van der Waals surface area contributed by atoms with Gasteiger partial charge < -0.3 is 9.84 Å². The van der Waals surface area contributed by atoms with Crippen LogP contribution in [0.25, 0.3) is 0 Å². The van der Waals surface area contributed by atoms with Crippen molar-refractivity contribution >= 4 is 52.4 Å². The Morgan fingerprint density at radius 1 is 1.37 bits per heavy atom. The number of carbonyl (C=O) groups is 1. The third-order valence-electron chi connectivity index (χ3n) is 2.34. The van der Waals surface area contributed by atoms with Gasteiger partial charge >= 0.3 is 5.97 Å². The maximum Gasteiger partial charge on any atom is 0.307 e. The molecule has 1 aromatic carbocycles. The van der Waals surface area contributed by atoms with Crippen molar-refractivity contribution in [2.75, 3.05) is 5.88 Å². The molecule has 19 heavy (non-hydrogen) atoms. The minimum Gasteiger partial charge on any atom is -0.487 e. The number of carboxylic acids is 1. The molecule has 0 saturated carbocycles. The second-order valence-corrected chi connectivity index (χ2v) is 5.60. The summed E-state index contributed by atoms with van der Waals surface area (Å²) >= 11 is 23.4. The largest absolute Gasteiger partial charge is 0.487 e. The van der Waals surface area contributed by atoms with Gasteiger partial charge in [0.15, 0.2) is 0 Å². The Kier molecular flexibility index (Phi) is 7.08. The van der Waals surface area contributed by atoms with Crippen molar-refractivity contribution in [3.05, 3.63) is 28.2 Å². The average molecular weight is 346 g/mol. The summed E-state index contributed by atoms with van der Waals surface area (Å²) in [4.78, 5) is 10.8. The summed E-state index contributed by atoms with van der Waals surface area (Å²) in [7, 11) is 0. The van der Waals surface area contributed by atoms with Crippen molar-refractivity contribution in [2.45, 2.75) is 24.3 Å². The van der Waals surface area contributed by atoms with Gasteiger partial charge in [0.25, 0.3) is 0 Å². The SMILES string of the molecule is O=C(O)CC(Oc1ccc(Cl)cc1Cl)C(Cl)CCCl. The molecule has 0 radical (unpaired) electrons. The van der Waals surface area contributed by atoms with Crippen molar-refractivity contribution in [3.63, 3.8) is 0 Å². The van der Waals surface area contributed by atoms with Gasteiger partial charge in [0, 0.05) is 10.9 Å². The third-order valence-corrected chi connectivity index (χ3v) is 3.58. The molecule has 0 amide bonds. The van der Waals surface area contributed by atoms with E-state index in [1.165, 1.54) is 6.07 Å². The van der Waals surface area contributed by atoms with Crippen LogP contribution in [0.15, 0.2) is 18.2 Å². The lowest BCUT2D eigenvalue weighted by Crippen LogP contribution is -2.31. The van der Waals surface area contributed by atoms with Gasteiger partial charge in [-0.3, -0.25) is 4.79 Å². The van der Waals surface area contributed by atoms with Crippen LogP contribution in [0.2, 0.25) is 10.0 Å². The maximum absolute atomic E-state index is 10.8. The number of benzene rings is 1. The first kappa shape index (κ1) is 16.7. The van der Waals surface area contributed by atoms with Crippen LogP contribution in [0.3, 0.4) is 0 Å². The summed E-state index contributed by atoms with van der Waals surface area (Å²) in [5.41, 5.74) is 0. The van der Waals surface area contributed by atoms with E-state index in [0.29, 0.717) is 28.1 Å². The van der Waals surface area contributed by atoms with Gasteiger partial charge in [-0.15, -0.1) is 23.2 Å². The molecule has 2 atom stereocenters. The number of carboxylic acid groups (broad SMARTS) is 1. The number of halogens is 4. The van der Waals surface area contributed by atoms with Crippen LogP contribution in [0.5, 0.6) is 5.75 Å². The number of hydrogen-bond acceptors (Lipinski definition) is 2. The fourth-order valence-corrected chi connectivity index (χ4v) is 2.49. The van der Waals surface area contributed by atoms with Gasteiger partial charge in [-0.2, -0.15) is 0 Å². The van der Waals surface area contributed by atoms with Gasteiger partial charge in [0.05, 0.1) is 16.8 Å². The van der Waals surface area contributed by atoms with E-state index in [1.807, 2.05) is 0 Å². The Labute approximate surface area is 131 Å². The van der Waals surface area contributed by atoms with Crippen molar-refractivity contribution in [2.24, 2.45) is 0 Å². The van der Waals surface area contributed by atoms with E-state index < -0.39 is 17.5 Å². The van der Waals surface area contributed by atoms with E-state index in [0.717, 1.165) is 0 Å². The standard InChI is InChI=1S/C12H12Cl4O3/c13-4-3-8(15)11(6-12(17)18)19-10-2-1-7(14)5-9(10)16/h1-2,5,8,11H,3-4,6H2,(H,17,18). The first-order valence-electron chi connectivity index (χ1n) is 5.47. The van der Waals surface area contributed by atoms with Crippen LogP contribution < -0.4 is 4.74 Å². The van der Waals surface area contributed by atoms with Crippen molar-refractivity contribution in [1.29, 1.82) is 0 Å². The summed E-state index contributed by atoms with van der Waals surface area (Å²) < 4.78 is 5.56. The molecule has 0 saturated heterocycles. The topological polar surface area (TPSA) is 46.5 Å². The minimum absolute atomic E-state index is 0.232. The monoisotopic (exact) mass is 344 g/mol. The number of aliphatic carboxylic acids is 1. The number of rotatable bonds is 7. The van der Waals surface area contributed by atoms with Gasteiger partial charge in [0.1, 0.15) is 11.9 Å². The summed E-state index contributed by atoms with van der Waals surface area (Å²) in [6, 6.07) is 4.69.